The van der Waals surface area contributed by atoms with Crippen LogP contribution in [0.1, 0.15) is 0 Å². The van der Waals surface area contributed by atoms with Gasteiger partial charge in [-0.15, -0.1) is 0 Å². The topological polar surface area (TPSA) is 0 Å². The van der Waals surface area contributed by atoms with Gasteiger partial charge in [-0.3, -0.25) is 0 Å². The number of rotatable bonds is 2. The summed E-state index contributed by atoms with van der Waals surface area (Å²) in [6.07, 6.45) is 4.19. The lowest BCUT2D eigenvalue weighted by atomic mass is 10.2. The third-order valence-corrected chi connectivity index (χ3v) is 2.43. The van der Waals surface area contributed by atoms with E-state index in [-0.39, 0.29) is 0 Å². The van der Waals surface area contributed by atoms with Gasteiger partial charge in [0.2, 0.25) is 0 Å². The highest BCUT2D eigenvalue weighted by Gasteiger charge is 1.79. The van der Waals surface area contributed by atoms with Gasteiger partial charge in [0.1, 0.15) is 0 Å². The van der Waals surface area contributed by atoms with Crippen LogP contribution in [0.5, 0.6) is 0 Å². The highest BCUT2D eigenvalue weighted by atomic mass is 32.1. The van der Waals surface area contributed by atoms with E-state index < -0.39 is 0 Å². The molecule has 0 aliphatic carbocycles. The third kappa shape index (κ3) is 4.77. The molecule has 0 aromatic heterocycles. The van der Waals surface area contributed by atoms with E-state index in [4.69, 9.17) is 0 Å². The van der Waals surface area contributed by atoms with E-state index in [1.165, 1.54) is 10.4 Å². The molecule has 0 saturated heterocycles. The minimum Gasteiger partial charge on any atom is -0.175 e. The molecule has 1 aromatic carbocycles. The molecule has 0 fully saturated rings. The SMILES string of the molecule is SC/C=c1/cccccccc/c1=C/CS. The van der Waals surface area contributed by atoms with Crippen LogP contribution >= 0.6 is 25.3 Å². The van der Waals surface area contributed by atoms with Gasteiger partial charge in [0.25, 0.3) is 0 Å². The van der Waals surface area contributed by atoms with Crippen LogP contribution in [0, 0.1) is 0 Å². The Labute approximate surface area is 108 Å². The fourth-order valence-electron chi connectivity index (χ4n) is 1.34. The smallest absolute Gasteiger partial charge is 0.00917 e. The molecule has 0 atom stereocenters. The van der Waals surface area contributed by atoms with Crippen LogP contribution in [-0.2, 0) is 0 Å². The van der Waals surface area contributed by atoms with Crippen molar-refractivity contribution in [3.8, 4) is 0 Å². The maximum atomic E-state index is 4.24. The monoisotopic (exact) mass is 248 g/mol. The van der Waals surface area contributed by atoms with Crippen LogP contribution in [0.2, 0.25) is 0 Å². The number of thiol groups is 2. The van der Waals surface area contributed by atoms with Crippen molar-refractivity contribution in [2.24, 2.45) is 0 Å². The van der Waals surface area contributed by atoms with Crippen molar-refractivity contribution in [2.75, 3.05) is 11.5 Å². The van der Waals surface area contributed by atoms with Crippen molar-refractivity contribution < 1.29 is 0 Å². The van der Waals surface area contributed by atoms with Crippen molar-refractivity contribution in [2.45, 2.75) is 0 Å². The molecule has 2 heteroatoms. The fourth-order valence-corrected chi connectivity index (χ4v) is 1.73. The van der Waals surface area contributed by atoms with Crippen molar-refractivity contribution in [3.05, 3.63) is 59.0 Å². The summed E-state index contributed by atoms with van der Waals surface area (Å²) in [5.74, 6) is 1.47. The summed E-state index contributed by atoms with van der Waals surface area (Å²) < 4.78 is 0. The Morgan fingerprint density at radius 2 is 1.06 bits per heavy atom. The van der Waals surface area contributed by atoms with Gasteiger partial charge >= 0.3 is 0 Å². The third-order valence-electron chi connectivity index (χ3n) is 2.06. The Morgan fingerprint density at radius 1 is 0.688 bits per heavy atom. The van der Waals surface area contributed by atoms with Crippen molar-refractivity contribution in [1.29, 1.82) is 0 Å². The van der Waals surface area contributed by atoms with E-state index in [2.05, 4.69) is 49.5 Å². The van der Waals surface area contributed by atoms with Gasteiger partial charge in [-0.2, -0.15) is 25.3 Å². The Balaban J connectivity index is 3.56. The fraction of sp³-hybridized carbons (Fsp3) is 0.143. The summed E-state index contributed by atoms with van der Waals surface area (Å²) in [6.45, 7) is 0. The van der Waals surface area contributed by atoms with Crippen molar-refractivity contribution in [1.82, 2.24) is 0 Å². The average Bonchev–Trinajstić information content (AvgIpc) is 2.30. The van der Waals surface area contributed by atoms with E-state index in [1.54, 1.807) is 0 Å². The van der Waals surface area contributed by atoms with Crippen LogP contribution in [0.15, 0.2) is 48.5 Å². The predicted molar refractivity (Wildman–Crippen MR) is 80.0 cm³/mol. The van der Waals surface area contributed by atoms with E-state index >= 15 is 0 Å². The summed E-state index contributed by atoms with van der Waals surface area (Å²) in [7, 11) is 0. The first kappa shape index (κ1) is 13.2. The minimum absolute atomic E-state index is 0.733. The molecule has 0 radical (unpaired) electrons. The molecule has 84 valence electrons. The molecule has 0 heterocycles. The highest BCUT2D eigenvalue weighted by molar-refractivity contribution is 7.80. The van der Waals surface area contributed by atoms with Crippen molar-refractivity contribution >= 4 is 37.4 Å². The number of hydrogen-bond acceptors (Lipinski definition) is 2. The van der Waals surface area contributed by atoms with Crippen LogP contribution in [0.25, 0.3) is 12.2 Å². The molecule has 0 aliphatic heterocycles. The van der Waals surface area contributed by atoms with Crippen LogP contribution in [-0.4, -0.2) is 11.5 Å². The second-order valence-electron chi connectivity index (χ2n) is 3.17. The molecule has 0 saturated carbocycles. The lowest BCUT2D eigenvalue weighted by Gasteiger charge is -1.86. The van der Waals surface area contributed by atoms with Crippen molar-refractivity contribution in [3.63, 3.8) is 0 Å². The van der Waals surface area contributed by atoms with Gasteiger partial charge in [-0.1, -0.05) is 60.7 Å². The first-order chi connectivity index (χ1) is 7.88. The average molecular weight is 248 g/mol. The molecule has 0 amide bonds. The second-order valence-corrected chi connectivity index (χ2v) is 3.90. The highest BCUT2D eigenvalue weighted by Crippen LogP contribution is 1.78. The van der Waals surface area contributed by atoms with E-state index in [0.717, 1.165) is 11.5 Å². The Morgan fingerprint density at radius 3 is 1.44 bits per heavy atom. The Hall–Kier alpha value is -0.860. The van der Waals surface area contributed by atoms with E-state index in [0.29, 0.717) is 0 Å². The Kier molecular flexibility index (Phi) is 6.86. The lowest BCUT2D eigenvalue weighted by molar-refractivity contribution is 1.53. The minimum atomic E-state index is 0.733. The van der Waals surface area contributed by atoms with Gasteiger partial charge < -0.3 is 0 Å². The van der Waals surface area contributed by atoms with Gasteiger partial charge in [-0.25, -0.2) is 0 Å². The first-order valence-electron chi connectivity index (χ1n) is 5.19. The molecular weight excluding hydrogens is 232 g/mol. The summed E-state index contributed by atoms with van der Waals surface area (Å²) in [5, 5.41) is 2.36. The molecule has 0 N–H and O–H groups in total. The summed E-state index contributed by atoms with van der Waals surface area (Å²) in [5.41, 5.74) is 0. The Bertz CT molecular complexity index is 431. The zero-order chi connectivity index (χ0) is 11.6. The predicted octanol–water partition coefficient (Wildman–Crippen LogP) is 2.23. The van der Waals surface area contributed by atoms with Crippen LogP contribution < -0.4 is 10.4 Å². The van der Waals surface area contributed by atoms with E-state index in [1.807, 2.05) is 36.4 Å². The van der Waals surface area contributed by atoms with Gasteiger partial charge in [0, 0.05) is 11.5 Å². The quantitative estimate of drug-likeness (QED) is 0.737. The molecule has 0 unspecified atom stereocenters. The maximum absolute atomic E-state index is 4.24. The lowest BCUT2D eigenvalue weighted by Crippen LogP contribution is -2.22. The molecule has 0 bridgehead atoms. The zero-order valence-corrected chi connectivity index (χ0v) is 10.9. The first-order valence-corrected chi connectivity index (χ1v) is 6.45. The molecule has 0 spiro atoms. The molecular formula is C14H16S2. The summed E-state index contributed by atoms with van der Waals surface area (Å²) in [4.78, 5) is 0. The molecule has 1 aromatic rings. The van der Waals surface area contributed by atoms with Crippen LogP contribution in [0.3, 0.4) is 0 Å². The zero-order valence-electron chi connectivity index (χ0n) is 9.08. The maximum Gasteiger partial charge on any atom is 0.00917 e. The number of hydrogen-bond donors (Lipinski definition) is 2. The summed E-state index contributed by atoms with van der Waals surface area (Å²) >= 11 is 8.47. The molecule has 0 nitrogen and oxygen atoms in total. The second kappa shape index (κ2) is 8.31. The van der Waals surface area contributed by atoms with Gasteiger partial charge in [-0.05, 0) is 10.4 Å². The van der Waals surface area contributed by atoms with Gasteiger partial charge in [0.15, 0.2) is 0 Å². The molecule has 16 heavy (non-hydrogen) atoms. The van der Waals surface area contributed by atoms with E-state index in [9.17, 15) is 0 Å². The summed E-state index contributed by atoms with van der Waals surface area (Å²) in [6, 6.07) is 16.3. The molecule has 0 aliphatic rings. The standard InChI is InChI=1S/C14H16S2/c15-11-9-13-7-5-3-1-2-4-6-8-14(13)10-12-16/h1-10,15-16H,11-12H2/b3-1?,4-2?,7-5?,8-6?,13-9-,14-10-. The molecule has 1 rings (SSSR count). The largest absolute Gasteiger partial charge is 0.175 e. The van der Waals surface area contributed by atoms with Crippen LogP contribution in [0.4, 0.5) is 0 Å². The normalized spacial score (nSPS) is 12.4. The van der Waals surface area contributed by atoms with Gasteiger partial charge in [0.05, 0.1) is 0 Å².